The van der Waals surface area contributed by atoms with Crippen LogP contribution in [0.3, 0.4) is 0 Å². The van der Waals surface area contributed by atoms with Crippen LogP contribution in [0.15, 0.2) is 72.8 Å². The van der Waals surface area contributed by atoms with Gasteiger partial charge in [0, 0.05) is 36.3 Å². The number of hydrogen-bond acceptors (Lipinski definition) is 5. The Hall–Kier alpha value is -2.57. The molecule has 0 aromatic heterocycles. The second-order valence-electron chi connectivity index (χ2n) is 21.6. The topological polar surface area (TPSA) is 61.8 Å². The summed E-state index contributed by atoms with van der Waals surface area (Å²) in [7, 11) is 0. The molecule has 1 unspecified atom stereocenters. The van der Waals surface area contributed by atoms with E-state index in [1.165, 1.54) is 87.3 Å². The van der Waals surface area contributed by atoms with E-state index in [2.05, 4.69) is 76.5 Å². The molecular formula is C52H72N2O3. The van der Waals surface area contributed by atoms with Crippen molar-refractivity contribution >= 4 is 11.4 Å². The number of ketones is 1. The zero-order chi connectivity index (χ0) is 40.0. The summed E-state index contributed by atoms with van der Waals surface area (Å²) in [6, 6.07) is 18.6. The van der Waals surface area contributed by atoms with Crippen molar-refractivity contribution in [1.82, 2.24) is 10.2 Å². The Bertz CT molecular complexity index is 1850. The molecule has 5 aliphatic carbocycles. The summed E-state index contributed by atoms with van der Waals surface area (Å²) in [5.74, 6) is 3.09. The second kappa shape index (κ2) is 14.6. The highest BCUT2D eigenvalue weighted by Crippen LogP contribution is 2.76. The molecule has 2 aromatic carbocycles. The normalized spacial score (nSPS) is 41.5. The van der Waals surface area contributed by atoms with E-state index in [4.69, 9.17) is 4.74 Å². The van der Waals surface area contributed by atoms with Crippen LogP contribution in [0.1, 0.15) is 146 Å². The van der Waals surface area contributed by atoms with E-state index >= 15 is 0 Å². The van der Waals surface area contributed by atoms with Crippen LogP contribution in [0.2, 0.25) is 0 Å². The standard InChI is InChI=1S/C52H72N2O3/c1-34(2)40-22-27-52(53-30-31-54-38-14-11-15-39(54)33-57-32-38)29-28-50(6)42(45(40)52)20-21-44-49(5)25-23-41(48(3,4)43(49)24-26-51(44,50)7)35-16-18-37(19-17-35)47(56)46(55)36-12-9-8-10-13-36/h8-10,12-13,16-19,23,38-40,42-46,53,55H,1,11,14-15,20-22,24-33H2,2-7H3/t38-,39+,40-,42+,43-,44+,45+,46?,49-,50+,51+,52-/m0/s1. The number of fused-ring (bicyclic) bond motifs is 9. The van der Waals surface area contributed by atoms with Crippen molar-refractivity contribution < 1.29 is 14.6 Å². The molecule has 5 heteroatoms. The first-order chi connectivity index (χ1) is 27.2. The average molecular weight is 773 g/mol. The number of morpholine rings is 1. The molecule has 12 atom stereocenters. The molecule has 2 aliphatic heterocycles. The molecule has 2 bridgehead atoms. The van der Waals surface area contributed by atoms with Gasteiger partial charge >= 0.3 is 0 Å². The first-order valence-electron chi connectivity index (χ1n) is 23.1. The Morgan fingerprint density at radius 1 is 0.860 bits per heavy atom. The quantitative estimate of drug-likeness (QED) is 0.196. The maximum Gasteiger partial charge on any atom is 0.195 e. The van der Waals surface area contributed by atoms with Gasteiger partial charge in [0.1, 0.15) is 6.10 Å². The molecule has 0 spiro atoms. The predicted octanol–water partition coefficient (Wildman–Crippen LogP) is 10.8. The van der Waals surface area contributed by atoms with Crippen molar-refractivity contribution in [3.8, 4) is 0 Å². The number of nitrogens with zero attached hydrogens (tertiary/aromatic N) is 1. The van der Waals surface area contributed by atoms with E-state index in [9.17, 15) is 9.90 Å². The van der Waals surface area contributed by atoms with Gasteiger partial charge in [0.25, 0.3) is 0 Å². The summed E-state index contributed by atoms with van der Waals surface area (Å²) in [6.45, 7) is 24.4. The van der Waals surface area contributed by atoms with Gasteiger partial charge in [0.05, 0.1) is 13.2 Å². The van der Waals surface area contributed by atoms with Crippen LogP contribution >= 0.6 is 0 Å². The lowest BCUT2D eigenvalue weighted by atomic mass is 9.33. The minimum Gasteiger partial charge on any atom is -0.380 e. The number of allylic oxidation sites excluding steroid dienone is 3. The number of hydrogen-bond donors (Lipinski definition) is 2. The number of benzene rings is 2. The number of aliphatic hydroxyl groups excluding tert-OH is 1. The molecule has 308 valence electrons. The fraction of sp³-hybridized carbons (Fsp3) is 0.673. The van der Waals surface area contributed by atoms with Crippen LogP contribution in [-0.4, -0.2) is 59.7 Å². The molecule has 4 saturated carbocycles. The van der Waals surface area contributed by atoms with Gasteiger partial charge in [-0.1, -0.05) is 114 Å². The summed E-state index contributed by atoms with van der Waals surface area (Å²) >= 11 is 0. The maximum atomic E-state index is 13.3. The Morgan fingerprint density at radius 3 is 2.28 bits per heavy atom. The Kier molecular flexibility index (Phi) is 10.2. The molecule has 6 fully saturated rings. The fourth-order valence-corrected chi connectivity index (χ4v) is 16.0. The summed E-state index contributed by atoms with van der Waals surface area (Å²) < 4.78 is 6.01. The lowest BCUT2D eigenvalue weighted by Gasteiger charge is -2.72. The molecule has 7 aliphatic rings. The van der Waals surface area contributed by atoms with E-state index < -0.39 is 6.10 Å². The number of aliphatic hydroxyl groups is 1. The first-order valence-corrected chi connectivity index (χ1v) is 23.1. The molecular weight excluding hydrogens is 701 g/mol. The summed E-state index contributed by atoms with van der Waals surface area (Å²) in [6.07, 6.45) is 17.1. The van der Waals surface area contributed by atoms with Crippen LogP contribution in [0.25, 0.3) is 5.57 Å². The minimum atomic E-state index is -1.14. The Balaban J connectivity index is 0.949. The lowest BCUT2D eigenvalue weighted by Crippen LogP contribution is -2.68. The molecule has 2 heterocycles. The van der Waals surface area contributed by atoms with E-state index in [1.807, 2.05) is 42.5 Å². The van der Waals surface area contributed by atoms with Gasteiger partial charge < -0.3 is 15.2 Å². The van der Waals surface area contributed by atoms with E-state index in [1.54, 1.807) is 0 Å². The van der Waals surface area contributed by atoms with Crippen molar-refractivity contribution in [1.29, 1.82) is 0 Å². The van der Waals surface area contributed by atoms with Crippen molar-refractivity contribution in [2.45, 2.75) is 142 Å². The highest BCUT2D eigenvalue weighted by Gasteiger charge is 2.70. The highest BCUT2D eigenvalue weighted by atomic mass is 16.5. The predicted molar refractivity (Wildman–Crippen MR) is 232 cm³/mol. The van der Waals surface area contributed by atoms with Crippen LogP contribution in [0, 0.1) is 51.2 Å². The third kappa shape index (κ3) is 6.16. The van der Waals surface area contributed by atoms with Crippen molar-refractivity contribution in [3.05, 3.63) is 89.5 Å². The molecule has 9 rings (SSSR count). The SMILES string of the molecule is C=C(C)[C@@H]1CC[C@]2(NCCN3[C@@H]4CCC[C@H]3COC4)CC[C@]3(C)[C@H](CC[C@@H]4[C@@]5(C)CC=C(c6ccc(C(=O)C(O)c7ccccc7)cc6)C(C)(C)[C@@H]5CC[C@]43C)[C@@H]12. The Labute approximate surface area is 344 Å². The minimum absolute atomic E-state index is 0.0161. The number of Topliss-reactive ketones (excluding diaryl/α,β-unsaturated/α-hetero) is 1. The summed E-state index contributed by atoms with van der Waals surface area (Å²) in [5, 5.41) is 15.2. The fourth-order valence-electron chi connectivity index (χ4n) is 16.0. The van der Waals surface area contributed by atoms with Gasteiger partial charge in [-0.3, -0.25) is 9.69 Å². The summed E-state index contributed by atoms with van der Waals surface area (Å²) in [4.78, 5) is 16.1. The number of nitrogens with one attached hydrogen (secondary N) is 1. The van der Waals surface area contributed by atoms with Crippen molar-refractivity contribution in [3.63, 3.8) is 0 Å². The van der Waals surface area contributed by atoms with E-state index in [-0.39, 0.29) is 22.2 Å². The third-order valence-corrected chi connectivity index (χ3v) is 19.0. The van der Waals surface area contributed by atoms with Gasteiger partial charge in [-0.2, -0.15) is 0 Å². The summed E-state index contributed by atoms with van der Waals surface area (Å²) in [5.41, 5.74) is 6.41. The monoisotopic (exact) mass is 773 g/mol. The van der Waals surface area contributed by atoms with Gasteiger partial charge in [-0.15, -0.1) is 0 Å². The first kappa shape index (κ1) is 39.9. The molecule has 2 aromatic rings. The average Bonchev–Trinajstić information content (AvgIpc) is 3.58. The van der Waals surface area contributed by atoms with E-state index in [0.29, 0.717) is 57.7 Å². The number of piperidine rings is 1. The van der Waals surface area contributed by atoms with Gasteiger partial charge in [-0.05, 0) is 146 Å². The molecule has 0 radical (unpaired) electrons. The Morgan fingerprint density at radius 2 is 1.58 bits per heavy atom. The smallest absolute Gasteiger partial charge is 0.195 e. The number of rotatable bonds is 9. The van der Waals surface area contributed by atoms with Crippen molar-refractivity contribution in [2.24, 2.45) is 51.2 Å². The molecule has 2 saturated heterocycles. The van der Waals surface area contributed by atoms with Gasteiger partial charge in [-0.25, -0.2) is 0 Å². The zero-order valence-corrected chi connectivity index (χ0v) is 36.1. The number of carbonyl (C=O) groups is 1. The number of carbonyl (C=O) groups excluding carboxylic acids is 1. The zero-order valence-electron chi connectivity index (χ0n) is 36.1. The van der Waals surface area contributed by atoms with E-state index in [0.717, 1.165) is 38.6 Å². The third-order valence-electron chi connectivity index (χ3n) is 19.0. The van der Waals surface area contributed by atoms with Crippen LogP contribution in [0.5, 0.6) is 0 Å². The van der Waals surface area contributed by atoms with Crippen LogP contribution < -0.4 is 5.32 Å². The van der Waals surface area contributed by atoms with Gasteiger partial charge in [0.2, 0.25) is 0 Å². The molecule has 0 amide bonds. The largest absolute Gasteiger partial charge is 0.380 e. The number of ether oxygens (including phenoxy) is 1. The molecule has 5 nitrogen and oxygen atoms in total. The molecule has 57 heavy (non-hydrogen) atoms. The van der Waals surface area contributed by atoms with Crippen LogP contribution in [0.4, 0.5) is 0 Å². The highest BCUT2D eigenvalue weighted by molar-refractivity contribution is 6.00. The lowest BCUT2D eigenvalue weighted by molar-refractivity contribution is -0.219. The van der Waals surface area contributed by atoms with Crippen LogP contribution in [-0.2, 0) is 4.74 Å². The molecule has 2 N–H and O–H groups in total. The maximum absolute atomic E-state index is 13.3. The van der Waals surface area contributed by atoms with Crippen molar-refractivity contribution in [2.75, 3.05) is 26.3 Å². The van der Waals surface area contributed by atoms with Gasteiger partial charge in [0.15, 0.2) is 5.78 Å². The second-order valence-corrected chi connectivity index (χ2v) is 21.6.